The van der Waals surface area contributed by atoms with E-state index in [1.807, 2.05) is 32.0 Å². The van der Waals surface area contributed by atoms with Crippen LogP contribution in [0.2, 0.25) is 0 Å². The van der Waals surface area contributed by atoms with Crippen molar-refractivity contribution in [1.82, 2.24) is 0 Å². The average Bonchev–Trinajstić information content (AvgIpc) is 2.84. The van der Waals surface area contributed by atoms with Crippen LogP contribution < -0.4 is 14.8 Å². The molecule has 3 rings (SSSR count). The summed E-state index contributed by atoms with van der Waals surface area (Å²) in [6.07, 6.45) is -0.189. The van der Waals surface area contributed by atoms with Crippen molar-refractivity contribution < 1.29 is 28.6 Å². The molecule has 0 aliphatic heterocycles. The number of anilines is 1. The summed E-state index contributed by atoms with van der Waals surface area (Å²) in [7, 11) is 1.53. The molecule has 0 bridgehead atoms. The predicted molar refractivity (Wildman–Crippen MR) is 129 cm³/mol. The number of ether oxygens (including phenoxy) is 3. The van der Waals surface area contributed by atoms with E-state index < -0.39 is 5.97 Å². The van der Waals surface area contributed by atoms with Gasteiger partial charge in [0.2, 0.25) is 5.91 Å². The Hall–Kier alpha value is -4.13. The van der Waals surface area contributed by atoms with Crippen LogP contribution in [0, 0.1) is 13.8 Å². The monoisotopic (exact) mass is 461 g/mol. The number of Topliss-reactive ketones (excluding diaryl/α,β-unsaturated/α-hetero) is 1. The van der Waals surface area contributed by atoms with Crippen molar-refractivity contribution in [2.24, 2.45) is 0 Å². The number of benzene rings is 3. The standard InChI is InChI=1S/C27H27NO6/c1-18-4-5-19(2)25(16-18)34-23-12-8-21(9-13-23)28-26(30)14-15-27(31)33-17-24(29)20-6-10-22(32-3)11-7-20/h4-13,16H,14-15,17H2,1-3H3,(H,28,30). The van der Waals surface area contributed by atoms with E-state index in [0.29, 0.717) is 22.7 Å². The lowest BCUT2D eigenvalue weighted by Gasteiger charge is -2.11. The minimum absolute atomic E-state index is 0.0592. The lowest BCUT2D eigenvalue weighted by molar-refractivity contribution is -0.143. The summed E-state index contributed by atoms with van der Waals surface area (Å²) in [5, 5.41) is 2.73. The van der Waals surface area contributed by atoms with Gasteiger partial charge in [0.1, 0.15) is 17.2 Å². The van der Waals surface area contributed by atoms with Gasteiger partial charge in [-0.3, -0.25) is 14.4 Å². The SMILES string of the molecule is COc1ccc(C(=O)COC(=O)CCC(=O)Nc2ccc(Oc3cc(C)ccc3C)cc2)cc1. The highest BCUT2D eigenvalue weighted by Gasteiger charge is 2.12. The molecule has 0 heterocycles. The van der Waals surface area contributed by atoms with Crippen LogP contribution in [0.5, 0.6) is 17.2 Å². The summed E-state index contributed by atoms with van der Waals surface area (Å²) in [6, 6.07) is 19.5. The molecule has 3 aromatic rings. The van der Waals surface area contributed by atoms with E-state index in [2.05, 4.69) is 5.32 Å². The Labute approximate surface area is 198 Å². The largest absolute Gasteiger partial charge is 0.497 e. The molecule has 0 radical (unpaired) electrons. The molecule has 0 saturated heterocycles. The Morgan fingerprint density at radius 2 is 1.50 bits per heavy atom. The van der Waals surface area contributed by atoms with E-state index in [9.17, 15) is 14.4 Å². The number of amides is 1. The zero-order valence-corrected chi connectivity index (χ0v) is 19.4. The molecule has 7 heteroatoms. The lowest BCUT2D eigenvalue weighted by Crippen LogP contribution is -2.17. The number of carbonyl (C=O) groups excluding carboxylic acids is 3. The zero-order valence-electron chi connectivity index (χ0n) is 19.4. The quantitative estimate of drug-likeness (QED) is 0.328. The maximum absolute atomic E-state index is 12.2. The Balaban J connectivity index is 1.41. The van der Waals surface area contributed by atoms with Crippen molar-refractivity contribution in [3.05, 3.63) is 83.4 Å². The van der Waals surface area contributed by atoms with Crippen LogP contribution in [0.1, 0.15) is 34.3 Å². The highest BCUT2D eigenvalue weighted by molar-refractivity contribution is 5.98. The molecule has 0 aromatic heterocycles. The van der Waals surface area contributed by atoms with E-state index in [1.54, 1.807) is 48.5 Å². The van der Waals surface area contributed by atoms with E-state index >= 15 is 0 Å². The first-order valence-electron chi connectivity index (χ1n) is 10.8. The number of rotatable bonds is 10. The number of hydrogen-bond acceptors (Lipinski definition) is 6. The van der Waals surface area contributed by atoms with E-state index in [-0.39, 0.29) is 31.1 Å². The van der Waals surface area contributed by atoms with Gasteiger partial charge < -0.3 is 19.5 Å². The summed E-state index contributed by atoms with van der Waals surface area (Å²) in [4.78, 5) is 36.2. The topological polar surface area (TPSA) is 90.9 Å². The summed E-state index contributed by atoms with van der Waals surface area (Å²) in [5.74, 6) is 0.778. The fraction of sp³-hybridized carbons (Fsp3) is 0.222. The van der Waals surface area contributed by atoms with Gasteiger partial charge in [-0.05, 0) is 79.6 Å². The minimum atomic E-state index is -0.616. The summed E-state index contributed by atoms with van der Waals surface area (Å²) >= 11 is 0. The van der Waals surface area contributed by atoms with Crippen LogP contribution in [-0.2, 0) is 14.3 Å². The first-order valence-corrected chi connectivity index (χ1v) is 10.8. The Morgan fingerprint density at radius 3 is 2.18 bits per heavy atom. The predicted octanol–water partition coefficient (Wildman–Crippen LogP) is 5.25. The van der Waals surface area contributed by atoms with Crippen molar-refractivity contribution in [2.45, 2.75) is 26.7 Å². The van der Waals surface area contributed by atoms with E-state index in [1.165, 1.54) is 7.11 Å². The number of esters is 1. The molecule has 0 spiro atoms. The minimum Gasteiger partial charge on any atom is -0.497 e. The van der Waals surface area contributed by atoms with Crippen LogP contribution >= 0.6 is 0 Å². The van der Waals surface area contributed by atoms with E-state index in [0.717, 1.165) is 16.9 Å². The molecule has 0 atom stereocenters. The second kappa shape index (κ2) is 11.7. The molecule has 34 heavy (non-hydrogen) atoms. The molecule has 0 fully saturated rings. The normalized spacial score (nSPS) is 10.3. The zero-order chi connectivity index (χ0) is 24.5. The highest BCUT2D eigenvalue weighted by atomic mass is 16.5. The summed E-state index contributed by atoms with van der Waals surface area (Å²) < 4.78 is 15.9. The van der Waals surface area contributed by atoms with Crippen molar-refractivity contribution in [3.63, 3.8) is 0 Å². The molecule has 0 saturated carbocycles. The molecular formula is C27H27NO6. The average molecular weight is 462 g/mol. The van der Waals surface area contributed by atoms with Crippen LogP contribution in [0.3, 0.4) is 0 Å². The fourth-order valence-corrected chi connectivity index (χ4v) is 3.07. The molecule has 7 nitrogen and oxygen atoms in total. The third-order valence-electron chi connectivity index (χ3n) is 5.04. The number of hydrogen-bond donors (Lipinski definition) is 1. The Morgan fingerprint density at radius 1 is 0.824 bits per heavy atom. The van der Waals surface area contributed by atoms with Gasteiger partial charge in [-0.1, -0.05) is 12.1 Å². The van der Waals surface area contributed by atoms with Gasteiger partial charge in [0.05, 0.1) is 13.5 Å². The van der Waals surface area contributed by atoms with Crippen LogP contribution in [-0.4, -0.2) is 31.4 Å². The number of carbonyl (C=O) groups is 3. The van der Waals surface area contributed by atoms with Gasteiger partial charge in [-0.25, -0.2) is 0 Å². The molecule has 0 unspecified atom stereocenters. The van der Waals surface area contributed by atoms with Gasteiger partial charge >= 0.3 is 5.97 Å². The number of nitrogens with one attached hydrogen (secondary N) is 1. The van der Waals surface area contributed by atoms with Gasteiger partial charge in [0.25, 0.3) is 0 Å². The van der Waals surface area contributed by atoms with Crippen molar-refractivity contribution in [2.75, 3.05) is 19.0 Å². The second-order valence-corrected chi connectivity index (χ2v) is 7.76. The molecule has 1 amide bonds. The molecule has 3 aromatic carbocycles. The molecule has 0 aliphatic rings. The third kappa shape index (κ3) is 7.20. The van der Waals surface area contributed by atoms with Gasteiger partial charge in [-0.15, -0.1) is 0 Å². The van der Waals surface area contributed by atoms with Crippen LogP contribution in [0.15, 0.2) is 66.7 Å². The Kier molecular flexibility index (Phi) is 8.40. The van der Waals surface area contributed by atoms with Gasteiger partial charge in [0.15, 0.2) is 12.4 Å². The van der Waals surface area contributed by atoms with Crippen molar-refractivity contribution >= 4 is 23.3 Å². The smallest absolute Gasteiger partial charge is 0.306 e. The van der Waals surface area contributed by atoms with Crippen LogP contribution in [0.25, 0.3) is 0 Å². The first kappa shape index (κ1) is 24.5. The second-order valence-electron chi connectivity index (χ2n) is 7.76. The summed E-state index contributed by atoms with van der Waals surface area (Å²) in [6.45, 7) is 3.59. The maximum Gasteiger partial charge on any atom is 0.306 e. The van der Waals surface area contributed by atoms with Crippen molar-refractivity contribution in [3.8, 4) is 17.2 Å². The molecular weight excluding hydrogens is 434 g/mol. The van der Waals surface area contributed by atoms with Crippen molar-refractivity contribution in [1.29, 1.82) is 0 Å². The number of aryl methyl sites for hydroxylation is 2. The van der Waals surface area contributed by atoms with Gasteiger partial charge in [0, 0.05) is 17.7 Å². The molecule has 1 N–H and O–H groups in total. The summed E-state index contributed by atoms with van der Waals surface area (Å²) in [5.41, 5.74) is 3.13. The third-order valence-corrected chi connectivity index (χ3v) is 5.04. The Bertz CT molecular complexity index is 1150. The fourth-order valence-electron chi connectivity index (χ4n) is 3.07. The van der Waals surface area contributed by atoms with E-state index in [4.69, 9.17) is 14.2 Å². The molecule has 0 aliphatic carbocycles. The number of methoxy groups -OCH3 is 1. The maximum atomic E-state index is 12.2. The lowest BCUT2D eigenvalue weighted by atomic mass is 10.1. The molecule has 176 valence electrons. The number of ketones is 1. The first-order chi connectivity index (χ1) is 16.3. The highest BCUT2D eigenvalue weighted by Crippen LogP contribution is 2.27. The van der Waals surface area contributed by atoms with Gasteiger partial charge in [-0.2, -0.15) is 0 Å². The van der Waals surface area contributed by atoms with Crippen LogP contribution in [0.4, 0.5) is 5.69 Å².